The Hall–Kier alpha value is -3.57. The summed E-state index contributed by atoms with van der Waals surface area (Å²) in [6.07, 6.45) is 0.936. The Morgan fingerprint density at radius 1 is 1.21 bits per heavy atom. The van der Waals surface area contributed by atoms with Crippen LogP contribution in [-0.2, 0) is 12.8 Å². The number of rotatable bonds is 5. The molecule has 1 atom stereocenters. The van der Waals surface area contributed by atoms with Gasteiger partial charge in [0.05, 0.1) is 28.7 Å². The van der Waals surface area contributed by atoms with Crippen molar-refractivity contribution in [2.75, 3.05) is 0 Å². The lowest BCUT2D eigenvalue weighted by atomic mass is 10.1. The molecule has 8 heteroatoms. The number of aromatic nitrogens is 5. The lowest BCUT2D eigenvalue weighted by Crippen LogP contribution is -2.18. The molecule has 144 valence electrons. The van der Waals surface area contributed by atoms with E-state index in [4.69, 9.17) is 17.2 Å². The van der Waals surface area contributed by atoms with E-state index in [9.17, 15) is 10.1 Å². The van der Waals surface area contributed by atoms with Crippen LogP contribution in [0.3, 0.4) is 0 Å². The van der Waals surface area contributed by atoms with Gasteiger partial charge in [0.15, 0.2) is 4.77 Å². The van der Waals surface area contributed by atoms with Gasteiger partial charge in [-0.25, -0.2) is 4.98 Å². The highest BCUT2D eigenvalue weighted by atomic mass is 32.1. The number of benzene rings is 2. The monoisotopic (exact) mass is 402 g/mol. The number of aromatic amines is 2. The number of hydrogen-bond donors (Lipinski definition) is 2. The van der Waals surface area contributed by atoms with Crippen LogP contribution in [0, 0.1) is 16.1 Å². The van der Waals surface area contributed by atoms with Crippen molar-refractivity contribution < 1.29 is 0 Å². The van der Waals surface area contributed by atoms with E-state index in [1.165, 1.54) is 0 Å². The average Bonchev–Trinajstić information content (AvgIpc) is 3.10. The second-order valence-corrected chi connectivity index (χ2v) is 7.16. The van der Waals surface area contributed by atoms with Crippen LogP contribution in [0.25, 0.3) is 11.0 Å². The lowest BCUT2D eigenvalue weighted by molar-refractivity contribution is 0.611. The second kappa shape index (κ2) is 7.81. The highest BCUT2D eigenvalue weighted by molar-refractivity contribution is 7.71. The Labute approximate surface area is 171 Å². The van der Waals surface area contributed by atoms with E-state index in [-0.39, 0.29) is 16.4 Å². The summed E-state index contributed by atoms with van der Waals surface area (Å²) in [4.78, 5) is 19.4. The van der Waals surface area contributed by atoms with Crippen molar-refractivity contribution in [3.8, 4) is 6.07 Å². The molecular weight excluding hydrogens is 384 g/mol. The summed E-state index contributed by atoms with van der Waals surface area (Å²) in [5.74, 6) is 0.829. The largest absolute Gasteiger partial charge is 0.321 e. The van der Waals surface area contributed by atoms with E-state index in [0.717, 1.165) is 22.4 Å². The van der Waals surface area contributed by atoms with Crippen molar-refractivity contribution in [3.63, 3.8) is 0 Å². The number of hydrogen-bond acceptors (Lipinski definition) is 5. The first-order valence-corrected chi connectivity index (χ1v) is 9.61. The van der Waals surface area contributed by atoms with Gasteiger partial charge < -0.3 is 4.57 Å². The summed E-state index contributed by atoms with van der Waals surface area (Å²) in [5.41, 5.74) is 3.51. The number of nitrogens with zero attached hydrogens (tertiary/aromatic N) is 4. The van der Waals surface area contributed by atoms with E-state index in [2.05, 4.69) is 44.9 Å². The standard InChI is InChI=1S/C21H18N6OS/c1-13(15-5-3-2-4-6-15)27-18-11-14(12-22)7-8-16(18)23-19(27)10-9-17-20(28)24-21(29)26-25-17/h2-8,11,13H,9-10H2,1H3,(H2,24,26,28,29)/t13-/m0/s1. The first-order valence-electron chi connectivity index (χ1n) is 9.20. The first-order chi connectivity index (χ1) is 14.1. The number of nitriles is 1. The van der Waals surface area contributed by atoms with E-state index < -0.39 is 0 Å². The fourth-order valence-corrected chi connectivity index (χ4v) is 3.61. The molecule has 0 saturated carbocycles. The molecule has 2 aromatic heterocycles. The van der Waals surface area contributed by atoms with Crippen molar-refractivity contribution in [3.05, 3.63) is 86.3 Å². The van der Waals surface area contributed by atoms with Crippen LogP contribution in [-0.4, -0.2) is 24.7 Å². The third-order valence-corrected chi connectivity index (χ3v) is 5.12. The number of aryl methyl sites for hydroxylation is 2. The normalized spacial score (nSPS) is 12.0. The van der Waals surface area contributed by atoms with Crippen LogP contribution >= 0.6 is 12.2 Å². The number of imidazole rings is 1. The van der Waals surface area contributed by atoms with Crippen LogP contribution in [0.1, 0.15) is 35.6 Å². The predicted octanol–water partition coefficient (Wildman–Crippen LogP) is 3.44. The Morgan fingerprint density at radius 2 is 2.00 bits per heavy atom. The summed E-state index contributed by atoms with van der Waals surface area (Å²) in [7, 11) is 0. The molecule has 0 unspecified atom stereocenters. The number of fused-ring (bicyclic) bond motifs is 1. The maximum atomic E-state index is 12.1. The zero-order valence-electron chi connectivity index (χ0n) is 15.7. The van der Waals surface area contributed by atoms with Crippen LogP contribution in [0.2, 0.25) is 0 Å². The molecule has 2 N–H and O–H groups in total. The van der Waals surface area contributed by atoms with Gasteiger partial charge in [0, 0.05) is 12.8 Å². The molecule has 4 aromatic rings. The summed E-state index contributed by atoms with van der Waals surface area (Å²) in [5, 5.41) is 16.0. The maximum absolute atomic E-state index is 12.1. The minimum Gasteiger partial charge on any atom is -0.321 e. The predicted molar refractivity (Wildman–Crippen MR) is 112 cm³/mol. The highest BCUT2D eigenvalue weighted by Gasteiger charge is 2.18. The molecule has 0 bridgehead atoms. The third kappa shape index (κ3) is 3.73. The highest BCUT2D eigenvalue weighted by Crippen LogP contribution is 2.27. The lowest BCUT2D eigenvalue weighted by Gasteiger charge is -2.18. The molecule has 4 rings (SSSR count). The molecule has 0 amide bonds. The van der Waals surface area contributed by atoms with E-state index in [1.54, 1.807) is 6.07 Å². The fourth-order valence-electron chi connectivity index (χ4n) is 3.47. The van der Waals surface area contributed by atoms with Crippen molar-refractivity contribution in [2.24, 2.45) is 0 Å². The van der Waals surface area contributed by atoms with Gasteiger partial charge >= 0.3 is 0 Å². The van der Waals surface area contributed by atoms with E-state index in [1.807, 2.05) is 30.3 Å². The van der Waals surface area contributed by atoms with Crippen LogP contribution in [0.15, 0.2) is 53.3 Å². The van der Waals surface area contributed by atoms with Crippen LogP contribution < -0.4 is 5.56 Å². The number of nitrogens with one attached hydrogen (secondary N) is 2. The first kappa shape index (κ1) is 18.8. The molecule has 0 aliphatic heterocycles. The van der Waals surface area contributed by atoms with Crippen molar-refractivity contribution in [2.45, 2.75) is 25.8 Å². The minimum atomic E-state index is -0.292. The third-order valence-electron chi connectivity index (χ3n) is 4.93. The Morgan fingerprint density at radius 3 is 2.72 bits per heavy atom. The molecule has 0 aliphatic rings. The SMILES string of the molecule is C[C@@H](c1ccccc1)n1c(CCc2n[nH]c(=S)[nH]c2=O)nc2ccc(C#N)cc21. The molecule has 29 heavy (non-hydrogen) atoms. The van der Waals surface area contributed by atoms with Crippen LogP contribution in [0.4, 0.5) is 0 Å². The van der Waals surface area contributed by atoms with Crippen LogP contribution in [0.5, 0.6) is 0 Å². The molecule has 2 aromatic carbocycles. The molecule has 0 radical (unpaired) electrons. The van der Waals surface area contributed by atoms with Gasteiger partial charge in [-0.15, -0.1) is 0 Å². The van der Waals surface area contributed by atoms with Gasteiger partial charge in [0.2, 0.25) is 0 Å². The number of H-pyrrole nitrogens is 2. The van der Waals surface area contributed by atoms with E-state index >= 15 is 0 Å². The topological polar surface area (TPSA) is 103 Å². The fraction of sp³-hybridized carbons (Fsp3) is 0.190. The summed E-state index contributed by atoms with van der Waals surface area (Å²) < 4.78 is 2.33. The minimum absolute atomic E-state index is 0.0120. The quantitative estimate of drug-likeness (QED) is 0.498. The van der Waals surface area contributed by atoms with Crippen molar-refractivity contribution >= 4 is 23.3 Å². The van der Waals surface area contributed by atoms with Gasteiger partial charge in [-0.05, 0) is 42.9 Å². The molecule has 2 heterocycles. The molecule has 0 fully saturated rings. The molecule has 0 saturated heterocycles. The summed E-state index contributed by atoms with van der Waals surface area (Å²) in [6, 6.07) is 17.8. The molecule has 0 aliphatic carbocycles. The maximum Gasteiger partial charge on any atom is 0.273 e. The Balaban J connectivity index is 1.79. The van der Waals surface area contributed by atoms with Gasteiger partial charge in [0.1, 0.15) is 11.5 Å². The van der Waals surface area contributed by atoms with Gasteiger partial charge in [-0.2, -0.15) is 10.4 Å². The molecule has 0 spiro atoms. The molecule has 7 nitrogen and oxygen atoms in total. The average molecular weight is 402 g/mol. The summed E-state index contributed by atoms with van der Waals surface area (Å²) in [6.45, 7) is 2.10. The zero-order chi connectivity index (χ0) is 20.4. The Bertz CT molecular complexity index is 1330. The van der Waals surface area contributed by atoms with Crippen molar-refractivity contribution in [1.29, 1.82) is 5.26 Å². The van der Waals surface area contributed by atoms with Gasteiger partial charge in [0.25, 0.3) is 5.56 Å². The zero-order valence-corrected chi connectivity index (χ0v) is 16.5. The van der Waals surface area contributed by atoms with Gasteiger partial charge in [-0.1, -0.05) is 30.3 Å². The molecular formula is C21H18N6OS. The summed E-state index contributed by atoms with van der Waals surface area (Å²) >= 11 is 4.90. The van der Waals surface area contributed by atoms with Crippen molar-refractivity contribution in [1.82, 2.24) is 24.7 Å². The van der Waals surface area contributed by atoms with E-state index in [0.29, 0.717) is 24.1 Å². The second-order valence-electron chi connectivity index (χ2n) is 6.75. The smallest absolute Gasteiger partial charge is 0.273 e. The van der Waals surface area contributed by atoms with Gasteiger partial charge in [-0.3, -0.25) is 14.9 Å². The Kier molecular flexibility index (Phi) is 5.06.